The Morgan fingerprint density at radius 1 is 0.294 bits per heavy atom. The van der Waals surface area contributed by atoms with E-state index in [0.29, 0.717) is 236 Å². The van der Waals surface area contributed by atoms with Crippen LogP contribution in [-0.4, -0.2) is 274 Å². The number of hydroxylamine groups is 2. The Labute approximate surface area is 402 Å². The molecule has 68 heavy (non-hydrogen) atoms. The molecule has 0 aliphatic carbocycles. The van der Waals surface area contributed by atoms with Crippen molar-refractivity contribution in [1.29, 1.82) is 0 Å². The lowest BCUT2D eigenvalue weighted by Crippen LogP contribution is -2.32. The van der Waals surface area contributed by atoms with Crippen molar-refractivity contribution in [3.63, 3.8) is 0 Å². The summed E-state index contributed by atoms with van der Waals surface area (Å²) in [5.74, 6) is -1.73. The highest BCUT2D eigenvalue weighted by Gasteiger charge is 2.32. The smallest absolute Gasteiger partial charge is 0.335 e. The molecule has 0 saturated carbocycles. The summed E-state index contributed by atoms with van der Waals surface area (Å²) in [6.45, 7) is 17.2. The van der Waals surface area contributed by atoms with E-state index < -0.39 is 17.8 Å². The van der Waals surface area contributed by atoms with Gasteiger partial charge in [0.15, 0.2) is 0 Å². The van der Waals surface area contributed by atoms with Crippen LogP contribution in [0.4, 0.5) is 0 Å². The Morgan fingerprint density at radius 2 is 0.456 bits per heavy atom. The molecule has 0 aromatic carbocycles. The summed E-state index contributed by atoms with van der Waals surface area (Å²) in [6.07, 6.45) is 0.0295. The van der Waals surface area contributed by atoms with Gasteiger partial charge in [-0.3, -0.25) is 9.59 Å². The van der Waals surface area contributed by atoms with Crippen LogP contribution in [0.25, 0.3) is 0 Å². The zero-order chi connectivity index (χ0) is 48.7. The van der Waals surface area contributed by atoms with Gasteiger partial charge in [0.05, 0.1) is 251 Å². The first-order chi connectivity index (χ1) is 33.6. The fraction of sp³-hybridized carbons (Fsp3) is 0.932. The van der Waals surface area contributed by atoms with E-state index in [1.165, 1.54) is 0 Å². The van der Waals surface area contributed by atoms with Crippen molar-refractivity contribution in [3.8, 4) is 0 Å². The Kier molecular flexibility index (Phi) is 50.9. The van der Waals surface area contributed by atoms with Crippen molar-refractivity contribution in [2.45, 2.75) is 19.3 Å². The first-order valence-corrected chi connectivity index (χ1v) is 23.6. The van der Waals surface area contributed by atoms with Crippen molar-refractivity contribution >= 4 is 17.8 Å². The quantitative estimate of drug-likeness (QED) is 0.0572. The first-order valence-electron chi connectivity index (χ1n) is 23.6. The molecule has 1 rings (SSSR count). The predicted octanol–water partition coefficient (Wildman–Crippen LogP) is -0.0711. The number of methoxy groups -OCH3 is 1. The first kappa shape index (κ1) is 63.9. The molecule has 0 spiro atoms. The highest BCUT2D eigenvalue weighted by Crippen LogP contribution is 2.12. The van der Waals surface area contributed by atoms with Gasteiger partial charge in [0.2, 0.25) is 0 Å². The summed E-state index contributed by atoms with van der Waals surface area (Å²) >= 11 is 0. The maximum absolute atomic E-state index is 11.7. The summed E-state index contributed by atoms with van der Waals surface area (Å²) in [7, 11) is 1.64. The van der Waals surface area contributed by atoms with Crippen LogP contribution in [0.2, 0.25) is 0 Å². The van der Waals surface area contributed by atoms with Crippen LogP contribution in [0.5, 0.6) is 0 Å². The molecule has 2 amide bonds. The average molecular weight is 994 g/mol. The third-order valence-corrected chi connectivity index (χ3v) is 8.41. The maximum atomic E-state index is 11.7. The van der Waals surface area contributed by atoms with Crippen LogP contribution >= 0.6 is 0 Å². The molecule has 0 aromatic rings. The summed E-state index contributed by atoms with van der Waals surface area (Å²) in [5, 5.41) is 0.517. The second kappa shape index (κ2) is 54.2. The van der Waals surface area contributed by atoms with Gasteiger partial charge in [-0.1, -0.05) is 0 Å². The number of carbonyl (C=O) groups is 3. The molecule has 1 heterocycles. The molecular weight excluding hydrogens is 910 g/mol. The Bertz CT molecular complexity index is 1070. The van der Waals surface area contributed by atoms with Gasteiger partial charge >= 0.3 is 5.97 Å². The zero-order valence-corrected chi connectivity index (χ0v) is 40.6. The molecular formula is C44H83NO23. The van der Waals surface area contributed by atoms with Gasteiger partial charge in [-0.25, -0.2) is 4.79 Å². The van der Waals surface area contributed by atoms with E-state index >= 15 is 0 Å². The number of rotatable bonds is 58. The van der Waals surface area contributed by atoms with Crippen LogP contribution in [0.1, 0.15) is 19.3 Å². The number of carbonyl (C=O) groups excluding carboxylic acids is 3. The minimum Gasteiger partial charge on any atom is -0.382 e. The second-order valence-corrected chi connectivity index (χ2v) is 13.8. The van der Waals surface area contributed by atoms with Gasteiger partial charge in [-0.2, -0.15) is 0 Å². The number of hydrogen-bond donors (Lipinski definition) is 0. The van der Waals surface area contributed by atoms with E-state index in [4.69, 9.17) is 94.8 Å². The second-order valence-electron chi connectivity index (χ2n) is 13.8. The highest BCUT2D eigenvalue weighted by molar-refractivity contribution is 6.01. The van der Waals surface area contributed by atoms with Gasteiger partial charge < -0.3 is 94.8 Å². The monoisotopic (exact) mass is 994 g/mol. The van der Waals surface area contributed by atoms with E-state index in [9.17, 15) is 14.4 Å². The molecule has 0 unspecified atom stereocenters. The molecule has 0 radical (unpaired) electrons. The van der Waals surface area contributed by atoms with Gasteiger partial charge in [0.25, 0.3) is 11.8 Å². The summed E-state index contributed by atoms with van der Waals surface area (Å²) in [5.41, 5.74) is 0. The summed E-state index contributed by atoms with van der Waals surface area (Å²) < 4.78 is 103. The lowest BCUT2D eigenvalue weighted by molar-refractivity contribution is -0.198. The molecule has 1 fully saturated rings. The lowest BCUT2D eigenvalue weighted by Gasteiger charge is -2.12. The maximum Gasteiger partial charge on any atom is 0.335 e. The third-order valence-electron chi connectivity index (χ3n) is 8.41. The van der Waals surface area contributed by atoms with Crippen molar-refractivity contribution in [3.05, 3.63) is 0 Å². The molecule has 0 atom stereocenters. The minimum absolute atomic E-state index is 0.0545. The van der Waals surface area contributed by atoms with E-state index in [1.807, 2.05) is 0 Å². The Morgan fingerprint density at radius 3 is 0.632 bits per heavy atom. The van der Waals surface area contributed by atoms with Crippen molar-refractivity contribution in [2.75, 3.05) is 252 Å². The minimum atomic E-state index is -0.703. The summed E-state index contributed by atoms with van der Waals surface area (Å²) in [4.78, 5) is 39.3. The molecule has 0 N–H and O–H groups in total. The fourth-order valence-corrected chi connectivity index (χ4v) is 4.94. The van der Waals surface area contributed by atoms with E-state index in [1.54, 1.807) is 7.11 Å². The molecule has 0 aromatic heterocycles. The Hall–Kier alpha value is -2.15. The SMILES string of the molecule is COCCOCCOCCOCCOCCOCCOCCOCCOCCOCCOCCOCCOCCOCCOCCOCCOCCOCCOCCC(=O)ON1C(=O)CCC1=O. The van der Waals surface area contributed by atoms with Crippen LogP contribution in [0.3, 0.4) is 0 Å². The molecule has 1 aliphatic heterocycles. The fourth-order valence-electron chi connectivity index (χ4n) is 4.94. The number of nitrogens with zero attached hydrogens (tertiary/aromatic N) is 1. The van der Waals surface area contributed by atoms with Crippen LogP contribution in [0.15, 0.2) is 0 Å². The van der Waals surface area contributed by atoms with Gasteiger partial charge in [0.1, 0.15) is 0 Å². The van der Waals surface area contributed by atoms with E-state index in [2.05, 4.69) is 0 Å². The van der Waals surface area contributed by atoms with Crippen molar-refractivity contribution in [2.24, 2.45) is 0 Å². The van der Waals surface area contributed by atoms with Gasteiger partial charge in [-0.05, 0) is 0 Å². The molecule has 1 aliphatic rings. The van der Waals surface area contributed by atoms with Crippen molar-refractivity contribution in [1.82, 2.24) is 5.06 Å². The zero-order valence-electron chi connectivity index (χ0n) is 40.6. The number of imide groups is 1. The largest absolute Gasteiger partial charge is 0.382 e. The average Bonchev–Trinajstić information content (AvgIpc) is 3.66. The van der Waals surface area contributed by atoms with Crippen molar-refractivity contribution < 1.29 is 109 Å². The number of ether oxygens (including phenoxy) is 19. The standard InChI is InChI=1S/C44H83NO23/c1-49-6-7-51-10-11-53-14-15-55-18-19-57-22-23-59-26-27-61-30-31-63-34-35-65-38-39-67-41-40-66-37-36-64-33-32-62-29-28-60-25-24-58-21-20-56-17-16-54-13-12-52-9-8-50-5-4-44(48)68-45-42(46)2-3-43(45)47/h2-41H2,1H3. The molecule has 24 nitrogen and oxygen atoms in total. The van der Waals surface area contributed by atoms with E-state index in [-0.39, 0.29) is 32.5 Å². The Balaban J connectivity index is 1.61. The van der Waals surface area contributed by atoms with Crippen LogP contribution in [0, 0.1) is 0 Å². The van der Waals surface area contributed by atoms with Crippen LogP contribution in [-0.2, 0) is 109 Å². The topological polar surface area (TPSA) is 239 Å². The molecule has 24 heteroatoms. The van der Waals surface area contributed by atoms with Gasteiger partial charge in [-0.15, -0.1) is 5.06 Å². The molecule has 0 bridgehead atoms. The van der Waals surface area contributed by atoms with E-state index in [0.717, 1.165) is 0 Å². The van der Waals surface area contributed by atoms with Gasteiger partial charge in [0, 0.05) is 20.0 Å². The summed E-state index contributed by atoms with van der Waals surface area (Å²) in [6, 6.07) is 0. The van der Waals surface area contributed by atoms with Crippen LogP contribution < -0.4 is 0 Å². The lowest BCUT2D eigenvalue weighted by atomic mass is 10.4. The normalized spacial score (nSPS) is 12.9. The predicted molar refractivity (Wildman–Crippen MR) is 238 cm³/mol. The highest BCUT2D eigenvalue weighted by atomic mass is 16.7. The number of hydrogen-bond acceptors (Lipinski definition) is 23. The molecule has 1 saturated heterocycles. The molecule has 402 valence electrons. The third kappa shape index (κ3) is 47.5. The number of amides is 2.